The van der Waals surface area contributed by atoms with Crippen molar-refractivity contribution in [2.45, 2.75) is 24.8 Å². The summed E-state index contributed by atoms with van der Waals surface area (Å²) in [5, 5.41) is 11.3. The number of aliphatic hydroxyl groups excluding tert-OH is 1. The summed E-state index contributed by atoms with van der Waals surface area (Å²) < 4.78 is 25.9. The molecular formula is C14H22N2O4S2. The van der Waals surface area contributed by atoms with Crippen molar-refractivity contribution in [2.24, 2.45) is 0 Å². The van der Waals surface area contributed by atoms with E-state index in [0.29, 0.717) is 11.4 Å². The summed E-state index contributed by atoms with van der Waals surface area (Å²) in [6.45, 7) is 3.64. The van der Waals surface area contributed by atoms with E-state index in [-0.39, 0.29) is 29.2 Å². The van der Waals surface area contributed by atoms with Crippen molar-refractivity contribution in [3.63, 3.8) is 0 Å². The highest BCUT2D eigenvalue weighted by Gasteiger charge is 2.22. The SMILES string of the molecule is CC(C)N(C)S(=O)(=O)c1ccc(NC(=O)CSCCO)cc1. The molecule has 1 aromatic rings. The molecule has 0 radical (unpaired) electrons. The standard InChI is InChI=1S/C14H22N2O4S2/c1-11(2)16(3)22(19,20)13-6-4-12(5-7-13)15-14(18)10-21-9-8-17/h4-7,11,17H,8-10H2,1-3H3,(H,15,18). The first-order valence-corrected chi connectivity index (χ1v) is 9.45. The third-order valence-electron chi connectivity index (χ3n) is 3.01. The molecule has 124 valence electrons. The monoisotopic (exact) mass is 346 g/mol. The van der Waals surface area contributed by atoms with Gasteiger partial charge < -0.3 is 10.4 Å². The van der Waals surface area contributed by atoms with E-state index in [2.05, 4.69) is 5.32 Å². The summed E-state index contributed by atoms with van der Waals surface area (Å²) in [6.07, 6.45) is 0. The molecule has 0 unspecified atom stereocenters. The summed E-state index contributed by atoms with van der Waals surface area (Å²) in [4.78, 5) is 11.8. The van der Waals surface area contributed by atoms with Gasteiger partial charge in [-0.1, -0.05) is 0 Å². The Morgan fingerprint density at radius 3 is 2.41 bits per heavy atom. The van der Waals surface area contributed by atoms with Crippen LogP contribution >= 0.6 is 11.8 Å². The second-order valence-corrected chi connectivity index (χ2v) is 8.07. The van der Waals surface area contributed by atoms with Crippen LogP contribution in [0.15, 0.2) is 29.2 Å². The van der Waals surface area contributed by atoms with Gasteiger partial charge in [0.25, 0.3) is 0 Å². The lowest BCUT2D eigenvalue weighted by Gasteiger charge is -2.21. The van der Waals surface area contributed by atoms with Crippen molar-refractivity contribution >= 4 is 33.4 Å². The Morgan fingerprint density at radius 1 is 1.32 bits per heavy atom. The lowest BCUT2D eigenvalue weighted by Crippen LogP contribution is -2.33. The van der Waals surface area contributed by atoms with Crippen molar-refractivity contribution < 1.29 is 18.3 Å². The molecule has 0 heterocycles. The average molecular weight is 346 g/mol. The maximum Gasteiger partial charge on any atom is 0.243 e. The zero-order chi connectivity index (χ0) is 16.8. The lowest BCUT2D eigenvalue weighted by molar-refractivity contribution is -0.113. The number of carbonyl (C=O) groups excluding carboxylic acids is 1. The van der Waals surface area contributed by atoms with Crippen molar-refractivity contribution in [1.82, 2.24) is 4.31 Å². The number of hydrogen-bond donors (Lipinski definition) is 2. The number of thioether (sulfide) groups is 1. The molecule has 0 aliphatic carbocycles. The molecule has 0 aliphatic rings. The molecule has 0 fully saturated rings. The van der Waals surface area contributed by atoms with Gasteiger partial charge in [0.1, 0.15) is 0 Å². The molecule has 8 heteroatoms. The molecule has 1 amide bonds. The summed E-state index contributed by atoms with van der Waals surface area (Å²) in [5.74, 6) is 0.566. The number of carbonyl (C=O) groups is 1. The van der Waals surface area contributed by atoms with Gasteiger partial charge in [0, 0.05) is 24.5 Å². The number of aliphatic hydroxyl groups is 1. The highest BCUT2D eigenvalue weighted by molar-refractivity contribution is 7.99. The number of nitrogens with zero attached hydrogens (tertiary/aromatic N) is 1. The van der Waals surface area contributed by atoms with Gasteiger partial charge in [-0.25, -0.2) is 8.42 Å². The predicted octanol–water partition coefficient (Wildman–Crippen LogP) is 1.38. The van der Waals surface area contributed by atoms with Crippen LogP contribution in [-0.2, 0) is 14.8 Å². The number of nitrogens with one attached hydrogen (secondary N) is 1. The summed E-state index contributed by atoms with van der Waals surface area (Å²) in [6, 6.07) is 5.95. The van der Waals surface area contributed by atoms with Gasteiger partial charge in [-0.15, -0.1) is 11.8 Å². The predicted molar refractivity (Wildman–Crippen MR) is 89.6 cm³/mol. The molecule has 0 saturated heterocycles. The Balaban J connectivity index is 2.73. The molecule has 0 atom stereocenters. The number of anilines is 1. The zero-order valence-electron chi connectivity index (χ0n) is 12.9. The van der Waals surface area contributed by atoms with Crippen molar-refractivity contribution in [3.8, 4) is 0 Å². The fraction of sp³-hybridized carbons (Fsp3) is 0.500. The first-order chi connectivity index (χ1) is 10.3. The Bertz CT molecular complexity index is 585. The van der Waals surface area contributed by atoms with Gasteiger partial charge in [-0.2, -0.15) is 4.31 Å². The van der Waals surface area contributed by atoms with Crippen LogP contribution in [0.1, 0.15) is 13.8 Å². The summed E-state index contributed by atoms with van der Waals surface area (Å²) >= 11 is 1.33. The maximum absolute atomic E-state index is 12.3. The molecule has 0 aliphatic heterocycles. The maximum atomic E-state index is 12.3. The van der Waals surface area contributed by atoms with Crippen molar-refractivity contribution in [2.75, 3.05) is 30.5 Å². The number of benzene rings is 1. The van der Waals surface area contributed by atoms with E-state index in [1.807, 2.05) is 0 Å². The Hall–Kier alpha value is -1.09. The fourth-order valence-electron chi connectivity index (χ4n) is 1.58. The van der Waals surface area contributed by atoms with Crippen LogP contribution in [0, 0.1) is 0 Å². The average Bonchev–Trinajstić information content (AvgIpc) is 2.47. The van der Waals surface area contributed by atoms with Crippen LogP contribution in [-0.4, -0.2) is 54.9 Å². The quantitative estimate of drug-likeness (QED) is 0.695. The smallest absolute Gasteiger partial charge is 0.243 e. The van der Waals surface area contributed by atoms with Crippen LogP contribution < -0.4 is 5.32 Å². The minimum atomic E-state index is -3.51. The minimum Gasteiger partial charge on any atom is -0.396 e. The Labute approximate surface area is 136 Å². The van der Waals surface area contributed by atoms with Gasteiger partial charge >= 0.3 is 0 Å². The molecule has 22 heavy (non-hydrogen) atoms. The highest BCUT2D eigenvalue weighted by atomic mass is 32.2. The van der Waals surface area contributed by atoms with Gasteiger partial charge in [0.05, 0.1) is 17.3 Å². The number of amides is 1. The topological polar surface area (TPSA) is 86.7 Å². The number of sulfonamides is 1. The molecule has 0 bridgehead atoms. The largest absolute Gasteiger partial charge is 0.396 e. The van der Waals surface area contributed by atoms with Crippen LogP contribution in [0.3, 0.4) is 0 Å². The normalized spacial score (nSPS) is 11.9. The van der Waals surface area contributed by atoms with E-state index >= 15 is 0 Å². The van der Waals surface area contributed by atoms with E-state index in [1.54, 1.807) is 26.0 Å². The third-order valence-corrected chi connectivity index (χ3v) is 6.00. The highest BCUT2D eigenvalue weighted by Crippen LogP contribution is 2.19. The molecule has 1 rings (SSSR count). The molecular weight excluding hydrogens is 324 g/mol. The minimum absolute atomic E-state index is 0.0356. The Kier molecular flexibility index (Phi) is 7.34. The summed E-state index contributed by atoms with van der Waals surface area (Å²) in [5.41, 5.74) is 0.542. The van der Waals surface area contributed by atoms with Crippen LogP contribution in [0.2, 0.25) is 0 Å². The lowest BCUT2D eigenvalue weighted by atomic mass is 10.3. The van der Waals surface area contributed by atoms with E-state index in [4.69, 9.17) is 5.11 Å². The Morgan fingerprint density at radius 2 is 1.91 bits per heavy atom. The zero-order valence-corrected chi connectivity index (χ0v) is 14.6. The molecule has 6 nitrogen and oxygen atoms in total. The molecule has 1 aromatic carbocycles. The van der Waals surface area contributed by atoms with Gasteiger partial charge in [0.15, 0.2) is 0 Å². The molecule has 0 saturated carbocycles. The number of rotatable bonds is 8. The number of hydrogen-bond acceptors (Lipinski definition) is 5. The molecule has 0 aromatic heterocycles. The first kappa shape index (κ1) is 19.0. The third kappa shape index (κ3) is 5.28. The molecule has 2 N–H and O–H groups in total. The van der Waals surface area contributed by atoms with Crippen LogP contribution in [0.4, 0.5) is 5.69 Å². The van der Waals surface area contributed by atoms with Crippen LogP contribution in [0.5, 0.6) is 0 Å². The van der Waals surface area contributed by atoms with Gasteiger partial charge in [0.2, 0.25) is 15.9 Å². The van der Waals surface area contributed by atoms with Crippen molar-refractivity contribution in [3.05, 3.63) is 24.3 Å². The second kappa shape index (κ2) is 8.52. The van der Waals surface area contributed by atoms with E-state index < -0.39 is 10.0 Å². The van der Waals surface area contributed by atoms with E-state index in [0.717, 1.165) is 0 Å². The van der Waals surface area contributed by atoms with Gasteiger partial charge in [-0.05, 0) is 38.1 Å². The second-order valence-electron chi connectivity index (χ2n) is 4.96. The van der Waals surface area contributed by atoms with Gasteiger partial charge in [-0.3, -0.25) is 4.79 Å². The van der Waals surface area contributed by atoms with Crippen LogP contribution in [0.25, 0.3) is 0 Å². The van der Waals surface area contributed by atoms with Crippen molar-refractivity contribution in [1.29, 1.82) is 0 Å². The fourth-order valence-corrected chi connectivity index (χ4v) is 3.48. The first-order valence-electron chi connectivity index (χ1n) is 6.85. The van der Waals surface area contributed by atoms with E-state index in [9.17, 15) is 13.2 Å². The summed E-state index contributed by atoms with van der Waals surface area (Å²) in [7, 11) is -1.98. The van der Waals surface area contributed by atoms with E-state index in [1.165, 1.54) is 35.2 Å². The molecule has 0 spiro atoms.